The first-order chi connectivity index (χ1) is 25.6. The Labute approximate surface area is 310 Å². The number of amides is 2. The van der Waals surface area contributed by atoms with Gasteiger partial charge >= 0.3 is 18.2 Å². The highest BCUT2D eigenvalue weighted by atomic mass is 16.6. The van der Waals surface area contributed by atoms with Gasteiger partial charge in [0.1, 0.15) is 24.4 Å². The minimum atomic E-state index is -1.15. The second-order valence-electron chi connectivity index (χ2n) is 13.3. The highest BCUT2D eigenvalue weighted by Gasteiger charge is 2.48. The highest BCUT2D eigenvalue weighted by molar-refractivity contribution is 6.01. The molecule has 1 saturated heterocycles. The Morgan fingerprint density at radius 3 is 1.60 bits per heavy atom. The van der Waals surface area contributed by atoms with Gasteiger partial charge in [0, 0.05) is 0 Å². The first-order valence-corrected chi connectivity index (χ1v) is 17.4. The number of carbonyl (C=O) groups is 3. The molecule has 0 radical (unpaired) electrons. The molecule has 1 fully saturated rings. The molecule has 1 aliphatic rings. The Hall–Kier alpha value is -5.49. The number of nitrogens with one attached hydrogen (secondary N) is 1. The Bertz CT molecular complexity index is 1800. The molecule has 11 heteroatoms. The molecule has 0 aliphatic carbocycles. The van der Waals surface area contributed by atoms with Crippen molar-refractivity contribution in [3.05, 3.63) is 155 Å². The van der Waals surface area contributed by atoms with Gasteiger partial charge in [0.25, 0.3) is 0 Å². The van der Waals surface area contributed by atoms with Crippen molar-refractivity contribution in [3.8, 4) is 0 Å². The van der Waals surface area contributed by atoms with Crippen LogP contribution in [-0.4, -0.2) is 60.6 Å². The molecule has 3 atom stereocenters. The lowest BCUT2D eigenvalue weighted by atomic mass is 10.1. The molecule has 278 valence electrons. The zero-order valence-corrected chi connectivity index (χ0v) is 30.4. The van der Waals surface area contributed by atoms with E-state index < -0.39 is 47.7 Å². The van der Waals surface area contributed by atoms with E-state index in [4.69, 9.17) is 28.4 Å². The smallest absolute Gasteiger partial charge is 0.424 e. The lowest BCUT2D eigenvalue weighted by Gasteiger charge is -2.28. The van der Waals surface area contributed by atoms with Gasteiger partial charge in [-0.25, -0.2) is 14.4 Å². The van der Waals surface area contributed by atoms with Crippen molar-refractivity contribution in [1.29, 1.82) is 0 Å². The summed E-state index contributed by atoms with van der Waals surface area (Å²) in [7, 11) is 1.16. The summed E-state index contributed by atoms with van der Waals surface area (Å²) >= 11 is 0. The fourth-order valence-electron chi connectivity index (χ4n) is 5.63. The zero-order valence-electron chi connectivity index (χ0n) is 30.4. The maximum atomic E-state index is 14.0. The van der Waals surface area contributed by atoms with Crippen LogP contribution in [0.3, 0.4) is 0 Å². The summed E-state index contributed by atoms with van der Waals surface area (Å²) in [5.41, 5.74) is 1.96. The third-order valence-electron chi connectivity index (χ3n) is 8.11. The van der Waals surface area contributed by atoms with Gasteiger partial charge in [0.05, 0.1) is 45.3 Å². The van der Waals surface area contributed by atoms with Crippen molar-refractivity contribution < 1.29 is 42.8 Å². The number of imide groups is 1. The molecule has 53 heavy (non-hydrogen) atoms. The van der Waals surface area contributed by atoms with Gasteiger partial charge < -0.3 is 33.7 Å². The first-order valence-electron chi connectivity index (χ1n) is 17.4. The largest absolute Gasteiger partial charge is 0.464 e. The van der Waals surface area contributed by atoms with E-state index >= 15 is 0 Å². The van der Waals surface area contributed by atoms with E-state index in [1.807, 2.05) is 97.1 Å². The summed E-state index contributed by atoms with van der Waals surface area (Å²) in [4.78, 5) is 42.4. The van der Waals surface area contributed by atoms with Crippen LogP contribution in [0.5, 0.6) is 0 Å². The summed E-state index contributed by atoms with van der Waals surface area (Å²) in [6, 6.07) is 37.1. The van der Waals surface area contributed by atoms with E-state index in [2.05, 4.69) is 5.32 Å². The van der Waals surface area contributed by atoms with Crippen LogP contribution < -0.4 is 5.32 Å². The van der Waals surface area contributed by atoms with Crippen molar-refractivity contribution in [3.63, 3.8) is 0 Å². The topological polar surface area (TPSA) is 122 Å². The van der Waals surface area contributed by atoms with Gasteiger partial charge in [-0.3, -0.25) is 0 Å². The summed E-state index contributed by atoms with van der Waals surface area (Å²) in [5.74, 6) is -1.00. The van der Waals surface area contributed by atoms with E-state index in [1.54, 1.807) is 45.0 Å². The van der Waals surface area contributed by atoms with Gasteiger partial charge in [0.15, 0.2) is 5.70 Å². The molecular formula is C42H46N2O9. The summed E-state index contributed by atoms with van der Waals surface area (Å²) < 4.78 is 35.9. The SMILES string of the molecule is COC(=O)/C(=C1\N[C@@H](COCc2ccccc2)[C@@H](OCc2ccccc2)[C@@H]1OCc1ccccc1)N(C(=O)OCc1ccccc1)C(=O)OC(C)(C)C. The van der Waals surface area contributed by atoms with E-state index in [-0.39, 0.29) is 32.1 Å². The van der Waals surface area contributed by atoms with E-state index in [0.29, 0.717) is 17.1 Å². The van der Waals surface area contributed by atoms with Crippen LogP contribution in [0.1, 0.15) is 43.0 Å². The molecule has 0 unspecified atom stereocenters. The summed E-state index contributed by atoms with van der Waals surface area (Å²) in [6.45, 7) is 5.50. The maximum Gasteiger partial charge on any atom is 0.424 e. The number of esters is 1. The molecule has 0 saturated carbocycles. The van der Waals surface area contributed by atoms with Gasteiger partial charge in [-0.1, -0.05) is 121 Å². The summed E-state index contributed by atoms with van der Waals surface area (Å²) in [5, 5.41) is 3.34. The minimum Gasteiger partial charge on any atom is -0.464 e. The molecule has 1 heterocycles. The fraction of sp³-hybridized carbons (Fsp3) is 0.310. The standard InChI is InChI=1S/C42H46N2O9/c1-42(2,3)53-41(47)44(40(46)52-28-33-23-15-8-16-24-33)36(39(45)48-4)35-38(51-27-32-21-13-7-14-22-32)37(50-26-31-19-11-6-12-20-31)34(43-35)29-49-25-30-17-9-5-10-18-30/h5-24,34,37-38,43H,25-29H2,1-4H3/b36-35+/t34-,37+,38+/m0/s1. The fourth-order valence-corrected chi connectivity index (χ4v) is 5.63. The van der Waals surface area contributed by atoms with Gasteiger partial charge in [-0.2, -0.15) is 4.90 Å². The Balaban J connectivity index is 1.58. The minimum absolute atomic E-state index is 0.0710. The van der Waals surface area contributed by atoms with Crippen molar-refractivity contribution >= 4 is 18.2 Å². The van der Waals surface area contributed by atoms with Crippen LogP contribution in [-0.2, 0) is 59.6 Å². The van der Waals surface area contributed by atoms with Crippen LogP contribution in [0.2, 0.25) is 0 Å². The number of carbonyl (C=O) groups excluding carboxylic acids is 3. The van der Waals surface area contributed by atoms with E-state index in [9.17, 15) is 14.4 Å². The third kappa shape index (κ3) is 11.2. The molecule has 11 nitrogen and oxygen atoms in total. The molecule has 0 bridgehead atoms. The van der Waals surface area contributed by atoms with Gasteiger partial charge in [-0.15, -0.1) is 0 Å². The molecule has 1 aliphatic heterocycles. The van der Waals surface area contributed by atoms with Gasteiger partial charge in [-0.05, 0) is 43.0 Å². The second kappa shape index (κ2) is 18.8. The number of nitrogens with zero attached hydrogens (tertiary/aromatic N) is 1. The molecule has 1 N–H and O–H groups in total. The Morgan fingerprint density at radius 2 is 1.11 bits per heavy atom. The molecule has 0 aromatic heterocycles. The van der Waals surface area contributed by atoms with Crippen LogP contribution in [0.15, 0.2) is 133 Å². The van der Waals surface area contributed by atoms with Crippen molar-refractivity contribution in [2.75, 3.05) is 13.7 Å². The highest BCUT2D eigenvalue weighted by Crippen LogP contribution is 2.32. The number of ether oxygens (including phenoxy) is 6. The number of hydrogen-bond donors (Lipinski definition) is 1. The summed E-state index contributed by atoms with van der Waals surface area (Å²) in [6.07, 6.45) is -4.09. The zero-order chi connectivity index (χ0) is 37.6. The molecule has 4 aromatic rings. The van der Waals surface area contributed by atoms with Gasteiger partial charge in [0.2, 0.25) is 0 Å². The van der Waals surface area contributed by atoms with Crippen molar-refractivity contribution in [2.45, 2.75) is 71.0 Å². The second-order valence-corrected chi connectivity index (χ2v) is 13.3. The molecule has 0 spiro atoms. The average Bonchev–Trinajstić information content (AvgIpc) is 3.50. The predicted octanol–water partition coefficient (Wildman–Crippen LogP) is 7.30. The number of rotatable bonds is 14. The molecular weight excluding hydrogens is 676 g/mol. The molecule has 4 aromatic carbocycles. The predicted molar refractivity (Wildman–Crippen MR) is 197 cm³/mol. The molecule has 2 amide bonds. The van der Waals surface area contributed by atoms with Crippen LogP contribution in [0, 0.1) is 0 Å². The van der Waals surface area contributed by atoms with Crippen LogP contribution in [0.25, 0.3) is 0 Å². The average molecular weight is 723 g/mol. The van der Waals surface area contributed by atoms with Crippen molar-refractivity contribution in [1.82, 2.24) is 10.2 Å². The van der Waals surface area contributed by atoms with E-state index in [1.165, 1.54) is 0 Å². The number of hydrogen-bond acceptors (Lipinski definition) is 10. The third-order valence-corrected chi connectivity index (χ3v) is 8.11. The lowest BCUT2D eigenvalue weighted by molar-refractivity contribution is -0.138. The van der Waals surface area contributed by atoms with Crippen LogP contribution in [0.4, 0.5) is 9.59 Å². The quantitative estimate of drug-likeness (QED) is 0.0806. The Kier molecular flexibility index (Phi) is 13.8. The van der Waals surface area contributed by atoms with E-state index in [0.717, 1.165) is 23.8 Å². The first kappa shape index (κ1) is 38.7. The number of benzene rings is 4. The lowest BCUT2D eigenvalue weighted by Crippen LogP contribution is -2.45. The van der Waals surface area contributed by atoms with Crippen LogP contribution >= 0.6 is 0 Å². The monoisotopic (exact) mass is 722 g/mol. The molecule has 5 rings (SSSR count). The Morgan fingerprint density at radius 1 is 0.642 bits per heavy atom. The number of methoxy groups -OCH3 is 1. The van der Waals surface area contributed by atoms with Crippen molar-refractivity contribution in [2.24, 2.45) is 0 Å². The normalized spacial score (nSPS) is 17.7. The maximum absolute atomic E-state index is 14.0.